The minimum atomic E-state index is -1.38. The van der Waals surface area contributed by atoms with E-state index in [1.54, 1.807) is 12.1 Å². The molecule has 15 heteroatoms. The van der Waals surface area contributed by atoms with Crippen LogP contribution in [0.5, 0.6) is 40.2 Å². The Morgan fingerprint density at radius 3 is 2.50 bits per heavy atom. The molecular weight excluding hydrogens is 743 g/mol. The number of rotatable bonds is 4. The molecule has 3 aromatic carbocycles. The number of benzene rings is 3. The molecule has 2 fully saturated rings. The van der Waals surface area contributed by atoms with Gasteiger partial charge < -0.3 is 43.7 Å². The van der Waals surface area contributed by atoms with Gasteiger partial charge in [-0.25, -0.2) is 4.79 Å². The summed E-state index contributed by atoms with van der Waals surface area (Å²) in [5.74, 6) is 0.966. The maximum Gasteiger partial charge on any atom is 0.331 e. The van der Waals surface area contributed by atoms with Crippen molar-refractivity contribution in [2.75, 3.05) is 40.4 Å². The summed E-state index contributed by atoms with van der Waals surface area (Å²) in [4.78, 5) is 32.1. The van der Waals surface area contributed by atoms with E-state index in [1.807, 2.05) is 38.8 Å². The maximum atomic E-state index is 14.9. The lowest BCUT2D eigenvalue weighted by atomic mass is 9.73. The molecule has 3 aromatic rings. The number of likely N-dealkylation sites (N-methyl/N-ethyl adjacent to an activating group) is 1. The molecule has 7 heterocycles. The molecule has 7 aliphatic heterocycles. The second-order valence-corrected chi connectivity index (χ2v) is 16.8. The first-order valence-electron chi connectivity index (χ1n) is 19.0. The number of aryl methyl sites for hydroxylation is 1. The lowest BCUT2D eigenvalue weighted by Gasteiger charge is -2.62. The minimum absolute atomic E-state index is 0.0181. The Hall–Kier alpha value is -4.41. The minimum Gasteiger partial charge on any atom is -0.504 e. The fraction of sp³-hybridized carbons (Fsp3) is 0.512. The molecule has 0 saturated carbocycles. The van der Waals surface area contributed by atoms with Crippen molar-refractivity contribution in [3.8, 4) is 40.2 Å². The molecular formula is C41H47N3O11S. The summed E-state index contributed by atoms with van der Waals surface area (Å²) in [6.45, 7) is 6.87. The van der Waals surface area contributed by atoms with Crippen molar-refractivity contribution < 1.29 is 53.3 Å². The SMILES string of the molecule is CCC1Cc2cc(O)c(OC)cc2[C@@]2(CS[C@@H]3c4c(OC(C)=O)c(C)c5c(c4[C@@H](COC2=O)N2C3[C@@H]3c4c(cc(C)c(OC)c4O)C[C@H]([C@@H]2O)N3C)OCO5)N1. The second-order valence-electron chi connectivity index (χ2n) is 15.7. The number of phenols is 2. The Morgan fingerprint density at radius 2 is 1.79 bits per heavy atom. The predicted molar refractivity (Wildman–Crippen MR) is 204 cm³/mol. The molecule has 0 radical (unpaired) electrons. The molecule has 0 aliphatic carbocycles. The summed E-state index contributed by atoms with van der Waals surface area (Å²) in [5.41, 5.74) is 4.36. The summed E-state index contributed by atoms with van der Waals surface area (Å²) in [7, 11) is 4.97. The lowest BCUT2D eigenvalue weighted by molar-refractivity contribution is -0.186. The average Bonchev–Trinajstić information content (AvgIpc) is 3.66. The number of piperazine rings is 1. The van der Waals surface area contributed by atoms with Crippen molar-refractivity contribution in [1.82, 2.24) is 15.1 Å². The number of hydrogen-bond acceptors (Lipinski definition) is 15. The van der Waals surface area contributed by atoms with Crippen molar-refractivity contribution in [3.63, 3.8) is 0 Å². The quantitative estimate of drug-likeness (QED) is 0.219. The monoisotopic (exact) mass is 789 g/mol. The van der Waals surface area contributed by atoms with Crippen LogP contribution in [-0.4, -0.2) is 102 Å². The number of phenolic OH excluding ortho intramolecular Hbond substituents is 2. The molecule has 4 N–H and O–H groups in total. The van der Waals surface area contributed by atoms with Gasteiger partial charge in [-0.15, -0.1) is 11.8 Å². The Kier molecular flexibility index (Phi) is 8.85. The van der Waals surface area contributed by atoms with Crippen LogP contribution in [0.3, 0.4) is 0 Å². The van der Waals surface area contributed by atoms with E-state index in [-0.39, 0.29) is 42.4 Å². The Balaban J connectivity index is 1.32. The standard InChI is InChI=1S/C41H47N3O11S/c1-8-22-10-20-12-26(46)27(50-6)13-23(20)41(42-22)15-56-38-30-29(37-36(53-16-54-37)18(3)35(30)55-19(4)45)25(14-52-40(41)49)44-32(38)31-28-21(11-24(39(44)48)43(31)5)9-17(2)34(51-7)33(28)47/h9,12-13,22,24-25,31-32,38-39,42,46-48H,8,10-11,14-16H2,1-7H3/t22?,24-,25-,31+,32?,38-,39+,41-/m1/s1. The van der Waals surface area contributed by atoms with Crippen LogP contribution in [0.15, 0.2) is 18.2 Å². The molecule has 7 aliphatic rings. The molecule has 1 spiro atoms. The maximum absolute atomic E-state index is 14.9. The zero-order chi connectivity index (χ0) is 39.5. The number of thioether (sulfide) groups is 1. The fourth-order valence-electron chi connectivity index (χ4n) is 10.4. The number of methoxy groups -OCH3 is 2. The number of carbonyl (C=O) groups is 2. The zero-order valence-corrected chi connectivity index (χ0v) is 33.2. The second kappa shape index (κ2) is 13.3. The van der Waals surface area contributed by atoms with E-state index in [0.29, 0.717) is 70.1 Å². The van der Waals surface area contributed by atoms with Crippen LogP contribution in [-0.2, 0) is 32.7 Å². The van der Waals surface area contributed by atoms with Crippen molar-refractivity contribution in [3.05, 3.63) is 62.7 Å². The number of nitrogens with zero attached hydrogens (tertiary/aromatic N) is 2. The first-order valence-corrected chi connectivity index (χ1v) is 20.1. The van der Waals surface area contributed by atoms with Gasteiger partial charge in [0, 0.05) is 47.0 Å². The molecule has 2 unspecified atom stereocenters. The van der Waals surface area contributed by atoms with Gasteiger partial charge in [-0.1, -0.05) is 13.0 Å². The van der Waals surface area contributed by atoms with Gasteiger partial charge in [0.25, 0.3) is 0 Å². The lowest BCUT2D eigenvalue weighted by Crippen LogP contribution is -2.70. The van der Waals surface area contributed by atoms with Gasteiger partial charge in [-0.2, -0.15) is 0 Å². The Morgan fingerprint density at radius 1 is 1.02 bits per heavy atom. The third-order valence-electron chi connectivity index (χ3n) is 12.9. The predicted octanol–water partition coefficient (Wildman–Crippen LogP) is 4.19. The molecule has 0 aromatic heterocycles. The molecule has 298 valence electrons. The molecule has 4 bridgehead atoms. The summed E-state index contributed by atoms with van der Waals surface area (Å²) in [5, 5.41) is 38.6. The summed E-state index contributed by atoms with van der Waals surface area (Å²) < 4.78 is 36.2. The zero-order valence-electron chi connectivity index (χ0n) is 32.4. The largest absolute Gasteiger partial charge is 0.504 e. The number of aromatic hydroxyl groups is 2. The van der Waals surface area contributed by atoms with E-state index in [1.165, 1.54) is 32.9 Å². The van der Waals surface area contributed by atoms with Crippen molar-refractivity contribution >= 4 is 23.7 Å². The van der Waals surface area contributed by atoms with Gasteiger partial charge in [-0.3, -0.25) is 19.9 Å². The number of aliphatic hydroxyl groups is 1. The number of ether oxygens (including phenoxy) is 6. The van der Waals surface area contributed by atoms with Crippen LogP contribution in [0.25, 0.3) is 0 Å². The third-order valence-corrected chi connectivity index (χ3v) is 14.3. The van der Waals surface area contributed by atoms with Gasteiger partial charge in [0.05, 0.1) is 37.6 Å². The first-order chi connectivity index (χ1) is 26.8. The van der Waals surface area contributed by atoms with E-state index in [2.05, 4.69) is 10.2 Å². The van der Waals surface area contributed by atoms with Crippen LogP contribution in [0, 0.1) is 13.8 Å². The number of aliphatic hydroxyl groups excluding tert-OH is 1. The smallest absolute Gasteiger partial charge is 0.331 e. The molecule has 56 heavy (non-hydrogen) atoms. The van der Waals surface area contributed by atoms with Crippen molar-refractivity contribution in [2.24, 2.45) is 0 Å². The number of esters is 2. The Labute approximate surface area is 328 Å². The van der Waals surface area contributed by atoms with E-state index in [9.17, 15) is 24.9 Å². The van der Waals surface area contributed by atoms with Crippen LogP contribution in [0.1, 0.15) is 82.1 Å². The number of fused-ring (bicyclic) bond motifs is 9. The fourth-order valence-corrected chi connectivity index (χ4v) is 12.1. The Bertz CT molecular complexity index is 2180. The van der Waals surface area contributed by atoms with Crippen LogP contribution in [0.4, 0.5) is 0 Å². The summed E-state index contributed by atoms with van der Waals surface area (Å²) in [6.07, 6.45) is 0.678. The average molecular weight is 790 g/mol. The topological polar surface area (TPSA) is 169 Å². The van der Waals surface area contributed by atoms with E-state index >= 15 is 0 Å². The molecule has 10 rings (SSSR count). The highest BCUT2D eigenvalue weighted by molar-refractivity contribution is 7.99. The molecule has 2 saturated heterocycles. The van der Waals surface area contributed by atoms with Crippen LogP contribution < -0.4 is 29.0 Å². The summed E-state index contributed by atoms with van der Waals surface area (Å²) in [6, 6.07) is 3.04. The van der Waals surface area contributed by atoms with E-state index in [0.717, 1.165) is 16.7 Å². The third kappa shape index (κ3) is 5.10. The first kappa shape index (κ1) is 37.2. The molecule has 8 atom stereocenters. The number of hydrogen-bond donors (Lipinski definition) is 4. The van der Waals surface area contributed by atoms with Crippen molar-refractivity contribution in [2.45, 2.75) is 94.2 Å². The number of nitrogens with one attached hydrogen (secondary N) is 1. The van der Waals surface area contributed by atoms with E-state index < -0.39 is 53.1 Å². The molecule has 14 nitrogen and oxygen atoms in total. The van der Waals surface area contributed by atoms with E-state index in [4.69, 9.17) is 28.4 Å². The highest BCUT2D eigenvalue weighted by Crippen LogP contribution is 2.64. The van der Waals surface area contributed by atoms with Crippen LogP contribution in [0.2, 0.25) is 0 Å². The van der Waals surface area contributed by atoms with Gasteiger partial charge in [-0.05, 0) is 74.5 Å². The van der Waals surface area contributed by atoms with Gasteiger partial charge in [0.1, 0.15) is 18.6 Å². The molecule has 0 amide bonds. The van der Waals surface area contributed by atoms with Gasteiger partial charge in [0.15, 0.2) is 40.0 Å². The van der Waals surface area contributed by atoms with Crippen molar-refractivity contribution in [1.29, 1.82) is 0 Å². The highest BCUT2D eigenvalue weighted by Gasteiger charge is 2.61. The highest BCUT2D eigenvalue weighted by atomic mass is 32.2. The normalized spacial score (nSPS) is 30.1. The number of carbonyl (C=O) groups excluding carboxylic acids is 2. The van der Waals surface area contributed by atoms with Gasteiger partial charge >= 0.3 is 11.9 Å². The van der Waals surface area contributed by atoms with Gasteiger partial charge in [0.2, 0.25) is 6.79 Å². The summed E-state index contributed by atoms with van der Waals surface area (Å²) >= 11 is 1.48. The van der Waals surface area contributed by atoms with Crippen LogP contribution >= 0.6 is 11.8 Å².